The van der Waals surface area contributed by atoms with Crippen LogP contribution in [0.4, 0.5) is 24.2 Å². The van der Waals surface area contributed by atoms with Crippen LogP contribution in [0.1, 0.15) is 99.1 Å². The van der Waals surface area contributed by atoms with E-state index in [-0.39, 0.29) is 23.7 Å². The minimum absolute atomic E-state index is 0.184. The van der Waals surface area contributed by atoms with Gasteiger partial charge in [0, 0.05) is 24.1 Å². The molecule has 16 heteroatoms. The van der Waals surface area contributed by atoms with E-state index in [1.54, 1.807) is 60.1 Å². The Morgan fingerprint density at radius 3 is 2.38 bits per heavy atom. The minimum Gasteiger partial charge on any atom is -0.443 e. The fraction of sp³-hybridized carbons (Fsp3) is 0.647. The average Bonchev–Trinajstić information content (AvgIpc) is 3.38. The van der Waals surface area contributed by atoms with Gasteiger partial charge in [-0.05, 0) is 85.9 Å². The summed E-state index contributed by atoms with van der Waals surface area (Å²) in [7, 11) is 0. The van der Waals surface area contributed by atoms with Gasteiger partial charge in [-0.15, -0.1) is 5.10 Å². The van der Waals surface area contributed by atoms with Gasteiger partial charge in [-0.25, -0.2) is 33.0 Å². The lowest BCUT2D eigenvalue weighted by molar-refractivity contribution is -0.168. The molecule has 0 bridgehead atoms. The number of benzene rings is 1. The average molecular weight is 719 g/mol. The molecule has 0 radical (unpaired) electrons. The molecular formula is C34H44F2N6O7S. The number of hydrogen-bond donors (Lipinski definition) is 0. The van der Waals surface area contributed by atoms with Crippen molar-refractivity contribution in [3.63, 3.8) is 0 Å². The van der Waals surface area contributed by atoms with Crippen molar-refractivity contribution in [1.29, 1.82) is 0 Å². The van der Waals surface area contributed by atoms with Gasteiger partial charge in [0.05, 0.1) is 6.04 Å². The van der Waals surface area contributed by atoms with E-state index >= 15 is 0 Å². The molecule has 2 unspecified atom stereocenters. The van der Waals surface area contributed by atoms with Crippen LogP contribution in [0.5, 0.6) is 0 Å². The van der Waals surface area contributed by atoms with Crippen molar-refractivity contribution < 1.29 is 42.1 Å². The first kappa shape index (κ1) is 36.2. The maximum Gasteiger partial charge on any atom is 0.509 e. The molecule has 6 rings (SSSR count). The number of carbonyl (C=O) groups is 2. The number of thioether (sulfide) groups is 1. The molecule has 3 aliphatic rings. The highest BCUT2D eigenvalue weighted by molar-refractivity contribution is 7.99. The van der Waals surface area contributed by atoms with Crippen molar-refractivity contribution in [2.24, 2.45) is 0 Å². The predicted octanol–water partition coefficient (Wildman–Crippen LogP) is 7.08. The molecule has 2 aromatic heterocycles. The molecule has 3 aromatic rings. The zero-order chi connectivity index (χ0) is 36.3. The lowest BCUT2D eigenvalue weighted by atomic mass is 10.1. The van der Waals surface area contributed by atoms with Crippen molar-refractivity contribution in [1.82, 2.24) is 25.0 Å². The predicted molar refractivity (Wildman–Crippen MR) is 179 cm³/mol. The summed E-state index contributed by atoms with van der Waals surface area (Å²) in [4.78, 5) is 37.8. The number of anilines is 1. The summed E-state index contributed by atoms with van der Waals surface area (Å²) in [6.45, 7) is 16.1. The van der Waals surface area contributed by atoms with E-state index < -0.39 is 71.3 Å². The maximum absolute atomic E-state index is 14.3. The number of nitrogens with zero attached hydrogens (tertiary/aromatic N) is 6. The number of carbonyl (C=O) groups excluding carboxylic acids is 2. The van der Waals surface area contributed by atoms with Crippen LogP contribution < -0.4 is 4.90 Å². The first-order chi connectivity index (χ1) is 23.3. The third kappa shape index (κ3) is 7.66. The molecule has 0 spiro atoms. The summed E-state index contributed by atoms with van der Waals surface area (Å²) in [6, 6.07) is 2.73. The standard InChI is InChI=1S/C34H44F2N6O7S/c1-10-13-50-29-37-27(41(30(43)48-32(2,3)4)21-15-18(21)17-11-12-19(35)20(36)14-17)24-28(38-29)42(40-39-24)22-16-23(45-31(44)49-33(5,6)7)26-25(22)46-34(8,9)47-26/h11-12,14,18,21-23,25-26H,10,13,15-16H2,1-9H3/t18?,21?,22-,23+,25+,26-/m1/s1. The Morgan fingerprint density at radius 1 is 1.02 bits per heavy atom. The van der Waals surface area contributed by atoms with E-state index in [1.165, 1.54) is 22.7 Å². The summed E-state index contributed by atoms with van der Waals surface area (Å²) < 4.78 is 59.3. The zero-order valence-corrected chi connectivity index (χ0v) is 30.5. The first-order valence-corrected chi connectivity index (χ1v) is 17.8. The highest BCUT2D eigenvalue weighted by Gasteiger charge is 2.57. The highest BCUT2D eigenvalue weighted by Crippen LogP contribution is 2.49. The minimum atomic E-state index is -0.976. The second kappa shape index (κ2) is 13.2. The van der Waals surface area contributed by atoms with E-state index in [9.17, 15) is 18.4 Å². The Labute approximate surface area is 293 Å². The summed E-state index contributed by atoms with van der Waals surface area (Å²) in [5.74, 6) is -2.31. The van der Waals surface area contributed by atoms with Crippen LogP contribution in [0.3, 0.4) is 0 Å². The Kier molecular flexibility index (Phi) is 9.52. The van der Waals surface area contributed by atoms with Crippen LogP contribution in [0.15, 0.2) is 23.4 Å². The molecule has 0 N–H and O–H groups in total. The molecular weight excluding hydrogens is 674 g/mol. The normalized spacial score (nSPS) is 25.7. The van der Waals surface area contributed by atoms with E-state index in [2.05, 4.69) is 10.3 Å². The van der Waals surface area contributed by atoms with Crippen molar-refractivity contribution in [2.45, 2.75) is 140 Å². The number of halogens is 2. The second-order valence-corrected chi connectivity index (χ2v) is 16.4. The molecule has 50 heavy (non-hydrogen) atoms. The van der Waals surface area contributed by atoms with Crippen LogP contribution in [0.25, 0.3) is 11.2 Å². The van der Waals surface area contributed by atoms with Crippen LogP contribution in [0, 0.1) is 11.6 Å². The van der Waals surface area contributed by atoms with Crippen molar-refractivity contribution in [3.05, 3.63) is 35.4 Å². The van der Waals surface area contributed by atoms with Crippen LogP contribution >= 0.6 is 11.8 Å². The van der Waals surface area contributed by atoms with E-state index in [4.69, 9.17) is 33.7 Å². The third-order valence-corrected chi connectivity index (χ3v) is 9.39. The van der Waals surface area contributed by atoms with Gasteiger partial charge in [0.2, 0.25) is 0 Å². The van der Waals surface area contributed by atoms with Crippen molar-refractivity contribution in [2.75, 3.05) is 10.7 Å². The van der Waals surface area contributed by atoms with Crippen LogP contribution in [0.2, 0.25) is 0 Å². The molecule has 13 nitrogen and oxygen atoms in total. The summed E-state index contributed by atoms with van der Waals surface area (Å²) in [5, 5.41) is 9.39. The lowest BCUT2D eigenvalue weighted by Gasteiger charge is -2.27. The van der Waals surface area contributed by atoms with Crippen LogP contribution in [-0.2, 0) is 23.7 Å². The van der Waals surface area contributed by atoms with E-state index in [0.717, 1.165) is 18.6 Å². The first-order valence-electron chi connectivity index (χ1n) is 16.8. The number of ether oxygens (including phenoxy) is 5. The van der Waals surface area contributed by atoms with Crippen molar-refractivity contribution in [3.8, 4) is 0 Å². The van der Waals surface area contributed by atoms with Crippen LogP contribution in [-0.4, -0.2) is 84.3 Å². The zero-order valence-electron chi connectivity index (χ0n) is 29.7. The number of aromatic nitrogens is 5. The summed E-state index contributed by atoms with van der Waals surface area (Å²) in [6.07, 6.45) is -1.88. The monoisotopic (exact) mass is 718 g/mol. The van der Waals surface area contributed by atoms with Gasteiger partial charge in [0.1, 0.15) is 29.5 Å². The Bertz CT molecular complexity index is 1780. The molecule has 3 heterocycles. The molecule has 1 aromatic carbocycles. The third-order valence-electron chi connectivity index (χ3n) is 8.33. The fourth-order valence-corrected chi connectivity index (χ4v) is 7.05. The quantitative estimate of drug-likeness (QED) is 0.134. The van der Waals surface area contributed by atoms with Gasteiger partial charge in [-0.1, -0.05) is 30.0 Å². The molecule has 2 saturated carbocycles. The SMILES string of the molecule is CCCSc1nc(N(C(=O)OC(C)(C)C)C2CC2c2ccc(F)c(F)c2)c2nnn([C@@H]3C[C@H](OC(=O)OC(C)(C)C)[C@H]4OC(C)(C)O[C@H]43)c2n1. The van der Waals surface area contributed by atoms with E-state index in [0.29, 0.717) is 28.5 Å². The highest BCUT2D eigenvalue weighted by atomic mass is 32.2. The molecule has 3 fully saturated rings. The van der Waals surface area contributed by atoms with Gasteiger partial charge < -0.3 is 23.7 Å². The topological polar surface area (TPSA) is 140 Å². The number of fused-ring (bicyclic) bond motifs is 2. The van der Waals surface area contributed by atoms with Crippen molar-refractivity contribution >= 4 is 41.0 Å². The summed E-state index contributed by atoms with van der Waals surface area (Å²) >= 11 is 1.41. The second-order valence-electron chi connectivity index (χ2n) is 15.3. The van der Waals surface area contributed by atoms with E-state index in [1.807, 2.05) is 6.92 Å². The van der Waals surface area contributed by atoms with Gasteiger partial charge in [0.15, 0.2) is 39.6 Å². The van der Waals surface area contributed by atoms with Gasteiger partial charge in [-0.3, -0.25) is 4.90 Å². The molecule has 1 saturated heterocycles. The largest absolute Gasteiger partial charge is 0.509 e. The van der Waals surface area contributed by atoms with Gasteiger partial charge in [0.25, 0.3) is 0 Å². The molecule has 2 aliphatic carbocycles. The Balaban J connectivity index is 1.41. The number of rotatable bonds is 8. The number of amides is 1. The fourth-order valence-electron chi connectivity index (χ4n) is 6.36. The maximum atomic E-state index is 14.3. The van der Waals surface area contributed by atoms with Gasteiger partial charge in [-0.2, -0.15) is 0 Å². The molecule has 6 atom stereocenters. The smallest absolute Gasteiger partial charge is 0.443 e. The molecule has 272 valence electrons. The molecule has 1 aliphatic heterocycles. The Morgan fingerprint density at radius 2 is 1.72 bits per heavy atom. The van der Waals surface area contributed by atoms with Gasteiger partial charge >= 0.3 is 12.2 Å². The molecule has 1 amide bonds. The Hall–Kier alpha value is -3.63. The summed E-state index contributed by atoms with van der Waals surface area (Å²) in [5.41, 5.74) is -0.485. The number of hydrogen-bond acceptors (Lipinski definition) is 12. The lowest BCUT2D eigenvalue weighted by Crippen LogP contribution is -2.39.